The topological polar surface area (TPSA) is 150 Å². The molecule has 0 spiro atoms. The molecule has 0 unspecified atom stereocenters. The number of rotatable bonds is 2. The molecule has 1 aromatic heterocycles. The number of aromatic nitrogens is 1. The minimum Gasteiger partial charge on any atom is -0.384 e. The number of pyridine rings is 1. The first-order valence-corrected chi connectivity index (χ1v) is 6.50. The average Bonchev–Trinajstić information content (AvgIpc) is 2.46. The third-order valence-electron chi connectivity index (χ3n) is 2.89. The standard InChI is InChI=1S/C13H6BrN5O3/c14-6-1-2-7(10(3-6)19(21)22)11-8(4-15)12(17)18-13(20)9(11)5-16/h1-3H,(H3,17,18,20). The number of anilines is 1. The van der Waals surface area contributed by atoms with Crippen LogP contribution >= 0.6 is 15.9 Å². The lowest BCUT2D eigenvalue weighted by molar-refractivity contribution is -0.384. The fourth-order valence-corrected chi connectivity index (χ4v) is 2.33. The maximum Gasteiger partial charge on any atom is 0.278 e. The molecule has 3 N–H and O–H groups in total. The van der Waals surface area contributed by atoms with Gasteiger partial charge < -0.3 is 10.7 Å². The zero-order valence-corrected chi connectivity index (χ0v) is 12.3. The van der Waals surface area contributed by atoms with Crippen LogP contribution in [0.3, 0.4) is 0 Å². The number of benzene rings is 1. The van der Waals surface area contributed by atoms with Gasteiger partial charge in [-0.1, -0.05) is 15.9 Å². The van der Waals surface area contributed by atoms with E-state index in [4.69, 9.17) is 11.0 Å². The first-order chi connectivity index (χ1) is 10.4. The molecule has 0 saturated carbocycles. The van der Waals surface area contributed by atoms with E-state index >= 15 is 0 Å². The van der Waals surface area contributed by atoms with Crippen LogP contribution in [0, 0.1) is 32.8 Å². The third-order valence-corrected chi connectivity index (χ3v) is 3.39. The van der Waals surface area contributed by atoms with E-state index in [1.807, 2.05) is 0 Å². The molecule has 8 nitrogen and oxygen atoms in total. The Balaban J connectivity index is 3.02. The molecule has 2 aromatic rings. The molecule has 1 heterocycles. The Kier molecular flexibility index (Phi) is 3.93. The molecule has 0 atom stereocenters. The van der Waals surface area contributed by atoms with Gasteiger partial charge >= 0.3 is 0 Å². The summed E-state index contributed by atoms with van der Waals surface area (Å²) in [5.41, 5.74) is 3.64. The Bertz CT molecular complexity index is 936. The predicted octanol–water partition coefficient (Wildman–Crippen LogP) is 2.04. The van der Waals surface area contributed by atoms with E-state index in [-0.39, 0.29) is 28.2 Å². The highest BCUT2D eigenvalue weighted by atomic mass is 79.9. The molecule has 0 aliphatic carbocycles. The van der Waals surface area contributed by atoms with Crippen LogP contribution in [0.25, 0.3) is 11.1 Å². The van der Waals surface area contributed by atoms with Crippen LogP contribution in [0.4, 0.5) is 11.5 Å². The lowest BCUT2D eigenvalue weighted by Gasteiger charge is -2.09. The van der Waals surface area contributed by atoms with Crippen molar-refractivity contribution in [3.05, 3.63) is 54.3 Å². The Morgan fingerprint density at radius 2 is 1.91 bits per heavy atom. The van der Waals surface area contributed by atoms with Gasteiger partial charge in [-0.15, -0.1) is 0 Å². The normalized spacial score (nSPS) is 9.77. The molecule has 1 aromatic carbocycles. The summed E-state index contributed by atoms with van der Waals surface area (Å²) < 4.78 is 0.442. The van der Waals surface area contributed by atoms with E-state index in [1.165, 1.54) is 18.2 Å². The van der Waals surface area contributed by atoms with Crippen molar-refractivity contribution in [2.24, 2.45) is 0 Å². The molecule has 0 radical (unpaired) electrons. The number of nitrogens with zero attached hydrogens (tertiary/aromatic N) is 3. The van der Waals surface area contributed by atoms with E-state index < -0.39 is 16.0 Å². The van der Waals surface area contributed by atoms with Gasteiger partial charge in [0.1, 0.15) is 29.1 Å². The summed E-state index contributed by atoms with van der Waals surface area (Å²) in [7, 11) is 0. The van der Waals surface area contributed by atoms with Gasteiger partial charge in [-0.3, -0.25) is 14.9 Å². The van der Waals surface area contributed by atoms with Gasteiger partial charge in [0.25, 0.3) is 11.2 Å². The summed E-state index contributed by atoms with van der Waals surface area (Å²) in [6, 6.07) is 7.49. The van der Waals surface area contributed by atoms with Gasteiger partial charge in [-0.05, 0) is 12.1 Å². The fourth-order valence-electron chi connectivity index (χ4n) is 1.98. The number of hydrogen-bond donors (Lipinski definition) is 2. The second-order valence-electron chi connectivity index (χ2n) is 4.13. The monoisotopic (exact) mass is 359 g/mol. The summed E-state index contributed by atoms with van der Waals surface area (Å²) >= 11 is 3.11. The number of nitriles is 2. The van der Waals surface area contributed by atoms with Crippen molar-refractivity contribution in [3.8, 4) is 23.3 Å². The number of nitro groups is 1. The van der Waals surface area contributed by atoms with E-state index in [0.717, 1.165) is 0 Å². The Morgan fingerprint density at radius 1 is 1.27 bits per heavy atom. The lowest BCUT2D eigenvalue weighted by Crippen LogP contribution is -2.16. The zero-order valence-electron chi connectivity index (χ0n) is 10.8. The van der Waals surface area contributed by atoms with Crippen LogP contribution in [-0.4, -0.2) is 9.91 Å². The van der Waals surface area contributed by atoms with Crippen LogP contribution in [0.5, 0.6) is 0 Å². The van der Waals surface area contributed by atoms with Gasteiger partial charge in [0.2, 0.25) is 0 Å². The third kappa shape index (κ3) is 2.41. The molecule has 2 rings (SSSR count). The van der Waals surface area contributed by atoms with E-state index in [9.17, 15) is 20.2 Å². The van der Waals surface area contributed by atoms with Crippen molar-refractivity contribution in [1.82, 2.24) is 4.98 Å². The molecule has 0 fully saturated rings. The summed E-state index contributed by atoms with van der Waals surface area (Å²) in [5.74, 6) is -0.251. The molecule has 22 heavy (non-hydrogen) atoms. The van der Waals surface area contributed by atoms with E-state index in [2.05, 4.69) is 20.9 Å². The number of nitrogens with one attached hydrogen (secondary N) is 1. The van der Waals surface area contributed by atoms with E-state index in [1.54, 1.807) is 12.1 Å². The Labute approximate surface area is 131 Å². The minimum atomic E-state index is -0.814. The highest BCUT2D eigenvalue weighted by Crippen LogP contribution is 2.36. The van der Waals surface area contributed by atoms with Crippen LogP contribution in [0.2, 0.25) is 0 Å². The lowest BCUT2D eigenvalue weighted by atomic mass is 9.95. The number of nitrogen functional groups attached to an aromatic ring is 1. The molecular weight excluding hydrogens is 354 g/mol. The molecule has 9 heteroatoms. The summed E-state index contributed by atoms with van der Waals surface area (Å²) in [4.78, 5) is 24.6. The molecular formula is C13H6BrN5O3. The maximum atomic E-state index is 11.8. The highest BCUT2D eigenvalue weighted by molar-refractivity contribution is 9.10. The predicted molar refractivity (Wildman–Crippen MR) is 80.7 cm³/mol. The summed E-state index contributed by atoms with van der Waals surface area (Å²) in [6.07, 6.45) is 0. The van der Waals surface area contributed by atoms with Gasteiger partial charge in [-0.2, -0.15) is 10.5 Å². The van der Waals surface area contributed by atoms with Crippen molar-refractivity contribution in [1.29, 1.82) is 10.5 Å². The molecule has 0 amide bonds. The second kappa shape index (κ2) is 5.68. The largest absolute Gasteiger partial charge is 0.384 e. The van der Waals surface area contributed by atoms with Crippen molar-refractivity contribution in [3.63, 3.8) is 0 Å². The highest BCUT2D eigenvalue weighted by Gasteiger charge is 2.24. The van der Waals surface area contributed by atoms with Gasteiger partial charge in [0, 0.05) is 16.1 Å². The first-order valence-electron chi connectivity index (χ1n) is 5.71. The van der Waals surface area contributed by atoms with Crippen molar-refractivity contribution < 1.29 is 4.92 Å². The first kappa shape index (κ1) is 15.2. The molecule has 0 bridgehead atoms. The van der Waals surface area contributed by atoms with Crippen LogP contribution in [-0.2, 0) is 0 Å². The quantitative estimate of drug-likeness (QED) is 0.618. The van der Waals surface area contributed by atoms with Crippen molar-refractivity contribution >= 4 is 27.4 Å². The minimum absolute atomic E-state index is 0.0286. The average molecular weight is 360 g/mol. The fraction of sp³-hybridized carbons (Fsp3) is 0. The second-order valence-corrected chi connectivity index (χ2v) is 5.05. The zero-order chi connectivity index (χ0) is 16.4. The van der Waals surface area contributed by atoms with Gasteiger partial charge in [0.15, 0.2) is 0 Å². The van der Waals surface area contributed by atoms with Crippen LogP contribution < -0.4 is 11.3 Å². The number of aromatic amines is 1. The number of nitrogens with two attached hydrogens (primary N) is 1. The van der Waals surface area contributed by atoms with Gasteiger partial charge in [-0.25, -0.2) is 0 Å². The number of halogens is 1. The number of nitro benzene ring substituents is 1. The Hall–Kier alpha value is -3.17. The maximum absolute atomic E-state index is 11.8. The molecule has 0 aliphatic heterocycles. The van der Waals surface area contributed by atoms with Gasteiger partial charge in [0.05, 0.1) is 10.5 Å². The van der Waals surface area contributed by atoms with Crippen molar-refractivity contribution in [2.45, 2.75) is 0 Å². The molecule has 108 valence electrons. The van der Waals surface area contributed by atoms with Crippen LogP contribution in [0.15, 0.2) is 27.5 Å². The molecule has 0 saturated heterocycles. The summed E-state index contributed by atoms with van der Waals surface area (Å²) in [5, 5.41) is 29.6. The number of H-pyrrole nitrogens is 1. The Morgan fingerprint density at radius 3 is 2.45 bits per heavy atom. The molecule has 0 aliphatic rings. The van der Waals surface area contributed by atoms with Crippen LogP contribution in [0.1, 0.15) is 11.1 Å². The SMILES string of the molecule is N#Cc1c(N)[nH]c(=O)c(C#N)c1-c1ccc(Br)cc1[N+](=O)[O-]. The van der Waals surface area contributed by atoms with Crippen molar-refractivity contribution in [2.75, 3.05) is 5.73 Å². The summed E-state index contributed by atoms with van der Waals surface area (Å²) in [6.45, 7) is 0. The van der Waals surface area contributed by atoms with E-state index in [0.29, 0.717) is 4.47 Å². The smallest absolute Gasteiger partial charge is 0.278 e. The number of hydrogen-bond acceptors (Lipinski definition) is 6.